The van der Waals surface area contributed by atoms with Crippen LogP contribution in [0.25, 0.3) is 0 Å². The largest absolute Gasteiger partial charge is 0.349 e. The lowest BCUT2D eigenvalue weighted by molar-refractivity contribution is 0.0950. The zero-order valence-electron chi connectivity index (χ0n) is 14.6. The number of carbonyl (C=O) groups excluding carboxylic acids is 2. The Hall–Kier alpha value is -2.21. The molecule has 1 aromatic heterocycles. The number of hydrogen-bond acceptors (Lipinski definition) is 4. The van der Waals surface area contributed by atoms with E-state index in [1.807, 2.05) is 6.92 Å². The first-order valence-electron chi connectivity index (χ1n) is 8.75. The Balaban J connectivity index is 1.62. The summed E-state index contributed by atoms with van der Waals surface area (Å²) in [6, 6.07) is 7.32. The molecule has 1 aliphatic rings. The van der Waals surface area contributed by atoms with Crippen molar-refractivity contribution >= 4 is 28.8 Å². The maximum absolute atomic E-state index is 12.5. The van der Waals surface area contributed by atoms with Crippen LogP contribution in [0.15, 0.2) is 24.3 Å². The Morgan fingerprint density at radius 2 is 1.92 bits per heavy atom. The molecule has 5 nitrogen and oxygen atoms in total. The van der Waals surface area contributed by atoms with E-state index < -0.39 is 0 Å². The van der Waals surface area contributed by atoms with Crippen LogP contribution in [0, 0.1) is 6.92 Å². The van der Waals surface area contributed by atoms with Crippen molar-refractivity contribution in [3.8, 4) is 0 Å². The molecular weight excluding hydrogens is 334 g/mol. The Morgan fingerprint density at radius 1 is 1.20 bits per heavy atom. The summed E-state index contributed by atoms with van der Waals surface area (Å²) >= 11 is 1.46. The molecule has 2 aromatic rings. The summed E-state index contributed by atoms with van der Waals surface area (Å²) in [5, 5.41) is 6.85. The predicted molar refractivity (Wildman–Crippen MR) is 100 cm³/mol. The molecule has 1 aromatic carbocycles. The second-order valence-corrected chi connectivity index (χ2v) is 7.49. The third-order valence-corrected chi connectivity index (χ3v) is 5.32. The van der Waals surface area contributed by atoms with E-state index in [1.54, 1.807) is 24.3 Å². The maximum atomic E-state index is 12.5. The van der Waals surface area contributed by atoms with Gasteiger partial charge in [0.25, 0.3) is 11.8 Å². The highest BCUT2D eigenvalue weighted by Gasteiger charge is 2.23. The molecule has 0 saturated heterocycles. The first kappa shape index (κ1) is 17.6. The summed E-state index contributed by atoms with van der Waals surface area (Å²) in [4.78, 5) is 29.6. The van der Waals surface area contributed by atoms with Crippen molar-refractivity contribution in [3.05, 3.63) is 45.4 Å². The van der Waals surface area contributed by atoms with Gasteiger partial charge in [0.05, 0.1) is 10.7 Å². The third kappa shape index (κ3) is 4.66. The van der Waals surface area contributed by atoms with E-state index in [2.05, 4.69) is 22.5 Å². The normalized spacial score (nSPS) is 13.5. The second kappa shape index (κ2) is 7.78. The number of aromatic nitrogens is 1. The minimum Gasteiger partial charge on any atom is -0.349 e. The topological polar surface area (TPSA) is 71.1 Å². The first-order chi connectivity index (χ1) is 12.1. The Labute approximate surface area is 151 Å². The standard InChI is InChI=1S/C19H23N3O2S/c1-3-4-5-16-20-12(2)17(25-16)19(24)22-14-8-6-13(7-9-14)18(23)21-15-10-11-15/h6-9,15H,3-5,10-11H2,1-2H3,(H,21,23)(H,22,24). The van der Waals surface area contributed by atoms with Gasteiger partial charge in [0.1, 0.15) is 4.88 Å². The van der Waals surface area contributed by atoms with Crippen molar-refractivity contribution in [2.24, 2.45) is 0 Å². The van der Waals surface area contributed by atoms with Gasteiger partial charge >= 0.3 is 0 Å². The Kier molecular flexibility index (Phi) is 5.48. The van der Waals surface area contributed by atoms with Gasteiger partial charge in [0, 0.05) is 17.3 Å². The van der Waals surface area contributed by atoms with Crippen molar-refractivity contribution in [1.29, 1.82) is 0 Å². The number of unbranched alkanes of at least 4 members (excludes halogenated alkanes) is 1. The maximum Gasteiger partial charge on any atom is 0.267 e. The van der Waals surface area contributed by atoms with Gasteiger partial charge < -0.3 is 10.6 Å². The summed E-state index contributed by atoms with van der Waals surface area (Å²) in [6.45, 7) is 4.01. The average molecular weight is 357 g/mol. The number of anilines is 1. The molecule has 0 radical (unpaired) electrons. The lowest BCUT2D eigenvalue weighted by Gasteiger charge is -2.06. The number of hydrogen-bond donors (Lipinski definition) is 2. The molecule has 0 aliphatic heterocycles. The van der Waals surface area contributed by atoms with Gasteiger partial charge in [0.2, 0.25) is 0 Å². The monoisotopic (exact) mass is 357 g/mol. The fourth-order valence-electron chi connectivity index (χ4n) is 2.49. The SMILES string of the molecule is CCCCc1nc(C)c(C(=O)Nc2ccc(C(=O)NC3CC3)cc2)s1. The van der Waals surface area contributed by atoms with E-state index >= 15 is 0 Å². The van der Waals surface area contributed by atoms with Gasteiger partial charge in [0.15, 0.2) is 0 Å². The van der Waals surface area contributed by atoms with E-state index in [4.69, 9.17) is 0 Å². The highest BCUT2D eigenvalue weighted by atomic mass is 32.1. The molecule has 2 amide bonds. The average Bonchev–Trinajstić information content (AvgIpc) is 3.33. The minimum absolute atomic E-state index is 0.0563. The fourth-order valence-corrected chi connectivity index (χ4v) is 3.49. The molecule has 25 heavy (non-hydrogen) atoms. The van der Waals surface area contributed by atoms with Gasteiger partial charge in [-0.25, -0.2) is 4.98 Å². The van der Waals surface area contributed by atoms with Crippen LogP contribution in [0.5, 0.6) is 0 Å². The molecule has 3 rings (SSSR count). The van der Waals surface area contributed by atoms with Gasteiger partial charge in [-0.05, 0) is 56.9 Å². The molecule has 1 saturated carbocycles. The molecule has 6 heteroatoms. The number of nitrogens with zero attached hydrogens (tertiary/aromatic N) is 1. The molecule has 1 fully saturated rings. The van der Waals surface area contributed by atoms with Gasteiger partial charge in [-0.1, -0.05) is 13.3 Å². The van der Waals surface area contributed by atoms with E-state index in [1.165, 1.54) is 11.3 Å². The third-order valence-electron chi connectivity index (χ3n) is 4.11. The zero-order chi connectivity index (χ0) is 17.8. The van der Waals surface area contributed by atoms with Gasteiger partial charge in [-0.15, -0.1) is 11.3 Å². The van der Waals surface area contributed by atoms with Crippen molar-refractivity contribution in [3.63, 3.8) is 0 Å². The number of rotatable bonds is 7. The summed E-state index contributed by atoms with van der Waals surface area (Å²) in [5.41, 5.74) is 2.06. The molecule has 0 bridgehead atoms. The number of thiazole rings is 1. The van der Waals surface area contributed by atoms with E-state index in [0.29, 0.717) is 22.2 Å². The number of nitrogens with one attached hydrogen (secondary N) is 2. The Bertz CT molecular complexity index is 763. The molecule has 0 unspecified atom stereocenters. The molecule has 132 valence electrons. The van der Waals surface area contributed by atoms with Crippen LogP contribution >= 0.6 is 11.3 Å². The van der Waals surface area contributed by atoms with E-state index in [9.17, 15) is 9.59 Å². The molecule has 0 atom stereocenters. The van der Waals surface area contributed by atoms with Crippen molar-refractivity contribution in [2.75, 3.05) is 5.32 Å². The number of carbonyl (C=O) groups is 2. The van der Waals surface area contributed by atoms with Crippen LogP contribution < -0.4 is 10.6 Å². The Morgan fingerprint density at radius 3 is 2.56 bits per heavy atom. The lowest BCUT2D eigenvalue weighted by Crippen LogP contribution is -2.25. The van der Waals surface area contributed by atoms with E-state index in [-0.39, 0.29) is 11.8 Å². The quantitative estimate of drug-likeness (QED) is 0.788. The lowest BCUT2D eigenvalue weighted by atomic mass is 10.2. The molecule has 2 N–H and O–H groups in total. The van der Waals surface area contributed by atoms with Crippen LogP contribution in [0.1, 0.15) is 63.3 Å². The van der Waals surface area contributed by atoms with Crippen molar-refractivity contribution in [1.82, 2.24) is 10.3 Å². The van der Waals surface area contributed by atoms with Crippen molar-refractivity contribution in [2.45, 2.75) is 52.0 Å². The smallest absolute Gasteiger partial charge is 0.267 e. The van der Waals surface area contributed by atoms with Crippen LogP contribution in [0.4, 0.5) is 5.69 Å². The first-order valence-corrected chi connectivity index (χ1v) is 9.57. The predicted octanol–water partition coefficient (Wildman–Crippen LogP) is 3.94. The summed E-state index contributed by atoms with van der Waals surface area (Å²) in [5.74, 6) is -0.202. The molecule has 1 heterocycles. The van der Waals surface area contributed by atoms with Crippen LogP contribution in [-0.4, -0.2) is 22.8 Å². The summed E-state index contributed by atoms with van der Waals surface area (Å²) in [6.07, 6.45) is 5.24. The number of amides is 2. The van der Waals surface area contributed by atoms with Gasteiger partial charge in [-0.2, -0.15) is 0 Å². The molecular formula is C19H23N3O2S. The second-order valence-electron chi connectivity index (χ2n) is 6.40. The highest BCUT2D eigenvalue weighted by molar-refractivity contribution is 7.13. The van der Waals surface area contributed by atoms with Crippen LogP contribution in [0.3, 0.4) is 0 Å². The summed E-state index contributed by atoms with van der Waals surface area (Å²) in [7, 11) is 0. The van der Waals surface area contributed by atoms with Crippen LogP contribution in [0.2, 0.25) is 0 Å². The highest BCUT2D eigenvalue weighted by Crippen LogP contribution is 2.22. The fraction of sp³-hybridized carbons (Fsp3) is 0.421. The molecule has 0 spiro atoms. The molecule has 1 aliphatic carbocycles. The zero-order valence-corrected chi connectivity index (χ0v) is 15.4. The van der Waals surface area contributed by atoms with E-state index in [0.717, 1.165) is 42.8 Å². The summed E-state index contributed by atoms with van der Waals surface area (Å²) < 4.78 is 0. The van der Waals surface area contributed by atoms with Crippen molar-refractivity contribution < 1.29 is 9.59 Å². The van der Waals surface area contributed by atoms with Gasteiger partial charge in [-0.3, -0.25) is 9.59 Å². The number of aryl methyl sites for hydroxylation is 2. The minimum atomic E-state index is -0.145. The van der Waals surface area contributed by atoms with Crippen LogP contribution in [-0.2, 0) is 6.42 Å². The number of benzene rings is 1.